The van der Waals surface area contributed by atoms with Crippen LogP contribution in [0.15, 0.2) is 54.6 Å². The Morgan fingerprint density at radius 2 is 1.77 bits per heavy atom. The summed E-state index contributed by atoms with van der Waals surface area (Å²) in [6.07, 6.45) is 1.41. The third kappa shape index (κ3) is 4.07. The highest BCUT2D eigenvalue weighted by Gasteiger charge is 2.41. The normalized spacial score (nSPS) is 17.3. The molecule has 1 N–H and O–H groups in total. The van der Waals surface area contributed by atoms with Crippen LogP contribution in [0.2, 0.25) is 0 Å². The van der Waals surface area contributed by atoms with Crippen LogP contribution in [0, 0.1) is 6.92 Å². The monoisotopic (exact) mass is 353 g/mol. The van der Waals surface area contributed by atoms with Gasteiger partial charge >= 0.3 is 0 Å². The number of rotatable bonds is 6. The molecule has 0 radical (unpaired) electrons. The lowest BCUT2D eigenvalue weighted by Gasteiger charge is -2.37. The highest BCUT2D eigenvalue weighted by Crippen LogP contribution is 2.35. The van der Waals surface area contributed by atoms with Gasteiger partial charge in [-0.05, 0) is 43.9 Å². The van der Waals surface area contributed by atoms with Crippen molar-refractivity contribution < 1.29 is 14.3 Å². The highest BCUT2D eigenvalue weighted by molar-refractivity contribution is 5.88. The molecular weight excluding hydrogens is 326 g/mol. The topological polar surface area (TPSA) is 47.6 Å². The van der Waals surface area contributed by atoms with Crippen molar-refractivity contribution in [1.82, 2.24) is 5.32 Å². The van der Waals surface area contributed by atoms with E-state index in [4.69, 9.17) is 9.47 Å². The van der Waals surface area contributed by atoms with E-state index in [9.17, 15) is 4.79 Å². The maximum atomic E-state index is 13.2. The van der Waals surface area contributed by atoms with Crippen LogP contribution >= 0.6 is 0 Å². The molecule has 1 heterocycles. The van der Waals surface area contributed by atoms with Crippen LogP contribution < -0.4 is 10.1 Å². The fourth-order valence-electron chi connectivity index (χ4n) is 3.46. The van der Waals surface area contributed by atoms with E-state index in [0.717, 1.165) is 16.9 Å². The lowest BCUT2D eigenvalue weighted by Crippen LogP contribution is -2.51. The van der Waals surface area contributed by atoms with Crippen molar-refractivity contribution in [3.05, 3.63) is 65.7 Å². The van der Waals surface area contributed by atoms with Gasteiger partial charge in [0.1, 0.15) is 12.4 Å². The smallest absolute Gasteiger partial charge is 0.231 e. The first-order chi connectivity index (χ1) is 12.6. The molecule has 138 valence electrons. The van der Waals surface area contributed by atoms with Crippen molar-refractivity contribution in [3.8, 4) is 5.75 Å². The first-order valence-electron chi connectivity index (χ1n) is 9.24. The summed E-state index contributed by atoms with van der Waals surface area (Å²) < 4.78 is 11.4. The van der Waals surface area contributed by atoms with Crippen LogP contribution in [0.4, 0.5) is 0 Å². The zero-order valence-corrected chi connectivity index (χ0v) is 15.5. The minimum Gasteiger partial charge on any atom is -0.491 e. The Morgan fingerprint density at radius 1 is 1.12 bits per heavy atom. The number of amides is 1. The zero-order chi connectivity index (χ0) is 18.4. The van der Waals surface area contributed by atoms with E-state index in [-0.39, 0.29) is 11.9 Å². The molecule has 0 spiro atoms. The number of nitrogens with one attached hydrogen (secondary N) is 1. The van der Waals surface area contributed by atoms with Crippen LogP contribution in [-0.2, 0) is 14.9 Å². The molecule has 0 saturated carbocycles. The molecule has 0 unspecified atom stereocenters. The van der Waals surface area contributed by atoms with Crippen LogP contribution in [0.5, 0.6) is 5.75 Å². The van der Waals surface area contributed by atoms with E-state index in [1.54, 1.807) is 0 Å². The number of para-hydroxylation sites is 1. The van der Waals surface area contributed by atoms with Crippen molar-refractivity contribution in [2.45, 2.75) is 38.1 Å². The molecule has 1 aliphatic rings. The van der Waals surface area contributed by atoms with Crippen molar-refractivity contribution in [3.63, 3.8) is 0 Å². The standard InChI is InChI=1S/C22H27NO3/c1-17-8-6-7-11-20(17)26-16-18(2)23-21(24)22(12-14-25-15-13-22)19-9-4-3-5-10-19/h3-11,18H,12-16H2,1-2H3,(H,23,24)/t18-/m0/s1. The van der Waals surface area contributed by atoms with Gasteiger partial charge in [0.15, 0.2) is 0 Å². The Morgan fingerprint density at radius 3 is 2.46 bits per heavy atom. The number of aryl methyl sites for hydroxylation is 1. The third-order valence-electron chi connectivity index (χ3n) is 5.07. The minimum absolute atomic E-state index is 0.0629. The Hall–Kier alpha value is -2.33. The molecule has 1 fully saturated rings. The molecule has 1 saturated heterocycles. The molecular formula is C22H27NO3. The molecule has 26 heavy (non-hydrogen) atoms. The van der Waals surface area contributed by atoms with Gasteiger partial charge in [-0.25, -0.2) is 0 Å². The van der Waals surface area contributed by atoms with Gasteiger partial charge in [-0.2, -0.15) is 0 Å². The Bertz CT molecular complexity index is 723. The van der Waals surface area contributed by atoms with E-state index in [1.165, 1.54) is 0 Å². The molecule has 1 aliphatic heterocycles. The molecule has 0 aliphatic carbocycles. The maximum Gasteiger partial charge on any atom is 0.231 e. The molecule has 1 amide bonds. The van der Waals surface area contributed by atoms with Gasteiger partial charge in [0.2, 0.25) is 5.91 Å². The molecule has 2 aromatic carbocycles. The van der Waals surface area contributed by atoms with Crippen LogP contribution in [0.3, 0.4) is 0 Å². The maximum absolute atomic E-state index is 13.2. The minimum atomic E-state index is -0.517. The van der Waals surface area contributed by atoms with Crippen LogP contribution in [0.1, 0.15) is 30.9 Å². The Kier molecular flexibility index (Phi) is 5.94. The predicted octanol–water partition coefficient (Wildman–Crippen LogP) is 3.63. The summed E-state index contributed by atoms with van der Waals surface area (Å²) >= 11 is 0. The van der Waals surface area contributed by atoms with Gasteiger partial charge in [0.05, 0.1) is 11.5 Å². The Balaban J connectivity index is 1.67. The van der Waals surface area contributed by atoms with Gasteiger partial charge in [-0.3, -0.25) is 4.79 Å². The largest absolute Gasteiger partial charge is 0.491 e. The van der Waals surface area contributed by atoms with Gasteiger partial charge in [-0.1, -0.05) is 48.5 Å². The molecule has 0 aromatic heterocycles. The zero-order valence-electron chi connectivity index (χ0n) is 15.5. The fourth-order valence-corrected chi connectivity index (χ4v) is 3.46. The number of carbonyl (C=O) groups excluding carboxylic acids is 1. The van der Waals surface area contributed by atoms with E-state index in [1.807, 2.05) is 68.4 Å². The van der Waals surface area contributed by atoms with Gasteiger partial charge < -0.3 is 14.8 Å². The summed E-state index contributed by atoms with van der Waals surface area (Å²) in [5, 5.41) is 3.16. The third-order valence-corrected chi connectivity index (χ3v) is 5.07. The van der Waals surface area contributed by atoms with Crippen molar-refractivity contribution in [1.29, 1.82) is 0 Å². The second-order valence-corrected chi connectivity index (χ2v) is 7.01. The quantitative estimate of drug-likeness (QED) is 0.863. The van der Waals surface area contributed by atoms with E-state index >= 15 is 0 Å². The molecule has 3 rings (SSSR count). The highest BCUT2D eigenvalue weighted by atomic mass is 16.5. The van der Waals surface area contributed by atoms with Crippen molar-refractivity contribution in [2.75, 3.05) is 19.8 Å². The van der Waals surface area contributed by atoms with Gasteiger partial charge in [-0.15, -0.1) is 0 Å². The number of benzene rings is 2. The number of hydrogen-bond donors (Lipinski definition) is 1. The summed E-state index contributed by atoms with van der Waals surface area (Å²) in [5.74, 6) is 0.922. The number of carbonyl (C=O) groups is 1. The summed E-state index contributed by atoms with van der Waals surface area (Å²) in [6, 6.07) is 17.9. The summed E-state index contributed by atoms with van der Waals surface area (Å²) in [5.41, 5.74) is 1.64. The predicted molar refractivity (Wildman–Crippen MR) is 102 cm³/mol. The first kappa shape index (κ1) is 18.5. The molecule has 4 nitrogen and oxygen atoms in total. The summed E-state index contributed by atoms with van der Waals surface area (Å²) in [6.45, 7) is 5.66. The summed E-state index contributed by atoms with van der Waals surface area (Å²) in [4.78, 5) is 13.2. The van der Waals surface area contributed by atoms with E-state index in [0.29, 0.717) is 32.7 Å². The number of ether oxygens (including phenoxy) is 2. The SMILES string of the molecule is Cc1ccccc1OC[C@H](C)NC(=O)C1(c2ccccc2)CCOCC1. The Labute approximate surface area is 155 Å². The van der Waals surface area contributed by atoms with E-state index < -0.39 is 5.41 Å². The lowest BCUT2D eigenvalue weighted by atomic mass is 9.73. The average Bonchev–Trinajstić information content (AvgIpc) is 2.68. The number of hydrogen-bond acceptors (Lipinski definition) is 3. The van der Waals surface area contributed by atoms with Crippen LogP contribution in [0.25, 0.3) is 0 Å². The fraction of sp³-hybridized carbons (Fsp3) is 0.409. The molecule has 2 aromatic rings. The van der Waals surface area contributed by atoms with Gasteiger partial charge in [0.25, 0.3) is 0 Å². The van der Waals surface area contributed by atoms with Crippen molar-refractivity contribution >= 4 is 5.91 Å². The lowest BCUT2D eigenvalue weighted by molar-refractivity contribution is -0.131. The second-order valence-electron chi connectivity index (χ2n) is 7.01. The molecule has 1 atom stereocenters. The van der Waals surface area contributed by atoms with Gasteiger partial charge in [0, 0.05) is 13.2 Å². The first-order valence-corrected chi connectivity index (χ1v) is 9.24. The summed E-state index contributed by atoms with van der Waals surface area (Å²) in [7, 11) is 0. The van der Waals surface area contributed by atoms with E-state index in [2.05, 4.69) is 5.32 Å². The molecule has 4 heteroatoms. The van der Waals surface area contributed by atoms with Crippen molar-refractivity contribution in [2.24, 2.45) is 0 Å². The van der Waals surface area contributed by atoms with Crippen LogP contribution in [-0.4, -0.2) is 31.8 Å². The molecule has 0 bridgehead atoms. The second kappa shape index (κ2) is 8.37. The average molecular weight is 353 g/mol.